The lowest BCUT2D eigenvalue weighted by Gasteiger charge is -2.25. The minimum absolute atomic E-state index is 0.131. The van der Waals surface area contributed by atoms with Crippen LogP contribution in [0.15, 0.2) is 66.1 Å². The van der Waals surface area contributed by atoms with Gasteiger partial charge in [0, 0.05) is 18.9 Å². The van der Waals surface area contributed by atoms with Crippen LogP contribution < -0.4 is 0 Å². The van der Waals surface area contributed by atoms with Gasteiger partial charge in [0.25, 0.3) is 5.91 Å². The zero-order chi connectivity index (χ0) is 19.6. The van der Waals surface area contributed by atoms with Crippen molar-refractivity contribution in [2.24, 2.45) is 0 Å². The average Bonchev–Trinajstić information content (AvgIpc) is 3.20. The van der Waals surface area contributed by atoms with E-state index in [4.69, 9.17) is 0 Å². The quantitative estimate of drug-likeness (QED) is 0.675. The molecule has 7 nitrogen and oxygen atoms in total. The van der Waals surface area contributed by atoms with E-state index < -0.39 is 9.84 Å². The van der Waals surface area contributed by atoms with Crippen molar-refractivity contribution in [3.63, 3.8) is 0 Å². The molecule has 0 aliphatic carbocycles. The molecule has 0 bridgehead atoms. The smallest absolute Gasteiger partial charge is 0.254 e. The van der Waals surface area contributed by atoms with Gasteiger partial charge >= 0.3 is 0 Å². The Morgan fingerprint density at radius 3 is 2.44 bits per heavy atom. The van der Waals surface area contributed by atoms with Crippen molar-refractivity contribution in [1.82, 2.24) is 19.7 Å². The molecule has 27 heavy (non-hydrogen) atoms. The fourth-order valence-electron chi connectivity index (χ4n) is 2.71. The van der Waals surface area contributed by atoms with Crippen LogP contribution in [0.4, 0.5) is 0 Å². The van der Waals surface area contributed by atoms with Gasteiger partial charge in [0.2, 0.25) is 0 Å². The van der Waals surface area contributed by atoms with Crippen LogP contribution in [0.1, 0.15) is 28.9 Å². The van der Waals surface area contributed by atoms with Gasteiger partial charge in [-0.3, -0.25) is 4.79 Å². The second kappa shape index (κ2) is 7.32. The first kappa shape index (κ1) is 18.8. The number of benzene rings is 2. The molecular formula is C19H20N4O3S. The summed E-state index contributed by atoms with van der Waals surface area (Å²) >= 11 is 0. The molecule has 8 heteroatoms. The molecule has 0 N–H and O–H groups in total. The highest BCUT2D eigenvalue weighted by molar-refractivity contribution is 7.90. The molecule has 3 aromatic rings. The summed E-state index contributed by atoms with van der Waals surface area (Å²) in [5.41, 5.74) is 2.17. The second-order valence-electron chi connectivity index (χ2n) is 6.32. The molecule has 0 aliphatic rings. The van der Waals surface area contributed by atoms with Crippen molar-refractivity contribution in [2.45, 2.75) is 17.9 Å². The van der Waals surface area contributed by atoms with Crippen LogP contribution in [0.2, 0.25) is 0 Å². The Hall–Kier alpha value is -3.00. The van der Waals surface area contributed by atoms with Crippen LogP contribution in [0.5, 0.6) is 0 Å². The predicted molar refractivity (Wildman–Crippen MR) is 101 cm³/mol. The third kappa shape index (κ3) is 4.06. The molecule has 1 amide bonds. The van der Waals surface area contributed by atoms with E-state index in [2.05, 4.69) is 10.1 Å². The molecule has 0 fully saturated rings. The Bertz CT molecular complexity index is 1040. The number of rotatable bonds is 5. The summed E-state index contributed by atoms with van der Waals surface area (Å²) in [5.74, 6) is -0.242. The SMILES string of the molecule is C[C@H](c1ccc(-n2cncn2)cc1)N(C)C(=O)c1cccc(S(C)(=O)=O)c1. The van der Waals surface area contributed by atoms with Crippen LogP contribution in [-0.4, -0.2) is 47.3 Å². The van der Waals surface area contributed by atoms with Crippen molar-refractivity contribution < 1.29 is 13.2 Å². The maximum Gasteiger partial charge on any atom is 0.254 e. The largest absolute Gasteiger partial charge is 0.335 e. The lowest BCUT2D eigenvalue weighted by molar-refractivity contribution is 0.0742. The number of hydrogen-bond acceptors (Lipinski definition) is 5. The molecule has 0 saturated heterocycles. The van der Waals surface area contributed by atoms with Crippen LogP contribution in [-0.2, 0) is 9.84 Å². The van der Waals surface area contributed by atoms with E-state index in [0.717, 1.165) is 17.5 Å². The molecule has 2 aromatic carbocycles. The predicted octanol–water partition coefficient (Wildman–Crippen LogP) is 2.50. The van der Waals surface area contributed by atoms with Gasteiger partial charge in [-0.05, 0) is 42.8 Å². The Labute approximate surface area is 158 Å². The summed E-state index contributed by atoms with van der Waals surface area (Å²) in [6.07, 6.45) is 4.20. The summed E-state index contributed by atoms with van der Waals surface area (Å²) in [7, 11) is -1.67. The van der Waals surface area contributed by atoms with Crippen LogP contribution >= 0.6 is 0 Å². The Balaban J connectivity index is 1.80. The van der Waals surface area contributed by atoms with Gasteiger partial charge in [-0.25, -0.2) is 18.1 Å². The zero-order valence-corrected chi connectivity index (χ0v) is 16.1. The average molecular weight is 384 g/mol. The van der Waals surface area contributed by atoms with Gasteiger partial charge in [0.1, 0.15) is 12.7 Å². The molecular weight excluding hydrogens is 364 g/mol. The van der Waals surface area contributed by atoms with Crippen LogP contribution in [0.25, 0.3) is 5.69 Å². The van der Waals surface area contributed by atoms with E-state index in [1.165, 1.54) is 18.5 Å². The van der Waals surface area contributed by atoms with Gasteiger partial charge in [0.05, 0.1) is 16.6 Å². The third-order valence-electron chi connectivity index (χ3n) is 4.47. The minimum atomic E-state index is -3.37. The second-order valence-corrected chi connectivity index (χ2v) is 8.34. The first-order chi connectivity index (χ1) is 12.8. The number of carbonyl (C=O) groups is 1. The Morgan fingerprint density at radius 1 is 1.15 bits per heavy atom. The van der Waals surface area contributed by atoms with E-state index >= 15 is 0 Å². The highest BCUT2D eigenvalue weighted by atomic mass is 32.2. The summed E-state index contributed by atoms with van der Waals surface area (Å²) in [5, 5.41) is 4.08. The van der Waals surface area contributed by atoms with E-state index in [1.807, 2.05) is 31.2 Å². The number of amides is 1. The van der Waals surface area contributed by atoms with E-state index in [1.54, 1.807) is 35.1 Å². The maximum atomic E-state index is 12.8. The third-order valence-corrected chi connectivity index (χ3v) is 5.58. The molecule has 1 aromatic heterocycles. The molecule has 0 saturated carbocycles. The molecule has 0 unspecified atom stereocenters. The fraction of sp³-hybridized carbons (Fsp3) is 0.211. The Morgan fingerprint density at radius 2 is 1.85 bits per heavy atom. The molecule has 1 heterocycles. The van der Waals surface area contributed by atoms with Gasteiger partial charge in [-0.2, -0.15) is 5.10 Å². The summed E-state index contributed by atoms with van der Waals surface area (Å²) < 4.78 is 25.1. The first-order valence-corrected chi connectivity index (χ1v) is 10.2. The molecule has 0 aliphatic heterocycles. The zero-order valence-electron chi connectivity index (χ0n) is 15.3. The molecule has 140 valence electrons. The number of nitrogens with zero attached hydrogens (tertiary/aromatic N) is 4. The molecule has 0 radical (unpaired) electrons. The molecule has 3 rings (SSSR count). The minimum Gasteiger partial charge on any atom is -0.335 e. The van der Waals surface area contributed by atoms with Crippen molar-refractivity contribution >= 4 is 15.7 Å². The summed E-state index contributed by atoms with van der Waals surface area (Å²) in [6.45, 7) is 1.92. The van der Waals surface area contributed by atoms with E-state index in [-0.39, 0.29) is 16.8 Å². The first-order valence-electron chi connectivity index (χ1n) is 8.29. The lowest BCUT2D eigenvalue weighted by atomic mass is 10.1. The monoisotopic (exact) mass is 384 g/mol. The van der Waals surface area contributed by atoms with Gasteiger partial charge in [0.15, 0.2) is 9.84 Å². The van der Waals surface area contributed by atoms with Crippen LogP contribution in [0, 0.1) is 0 Å². The van der Waals surface area contributed by atoms with Gasteiger partial charge < -0.3 is 4.90 Å². The number of sulfone groups is 1. The van der Waals surface area contributed by atoms with Crippen molar-refractivity contribution in [3.8, 4) is 5.69 Å². The maximum absolute atomic E-state index is 12.8. The normalized spacial score (nSPS) is 12.6. The lowest BCUT2D eigenvalue weighted by Crippen LogP contribution is -2.29. The number of carbonyl (C=O) groups excluding carboxylic acids is 1. The summed E-state index contributed by atoms with van der Waals surface area (Å²) in [4.78, 5) is 18.4. The standard InChI is InChI=1S/C19H20N4O3S/c1-14(15-7-9-17(10-8-15)23-13-20-12-21-23)22(2)19(24)16-5-4-6-18(11-16)27(3,25)26/h4-14H,1-3H3/t14-/m1/s1. The van der Waals surface area contributed by atoms with E-state index in [9.17, 15) is 13.2 Å². The Kier molecular flexibility index (Phi) is 5.09. The van der Waals surface area contributed by atoms with Gasteiger partial charge in [-0.1, -0.05) is 18.2 Å². The molecule has 1 atom stereocenters. The number of aromatic nitrogens is 3. The van der Waals surface area contributed by atoms with Crippen molar-refractivity contribution in [1.29, 1.82) is 0 Å². The number of hydrogen-bond donors (Lipinski definition) is 0. The van der Waals surface area contributed by atoms with Crippen molar-refractivity contribution in [3.05, 3.63) is 72.3 Å². The topological polar surface area (TPSA) is 85.2 Å². The van der Waals surface area contributed by atoms with Gasteiger partial charge in [-0.15, -0.1) is 0 Å². The van der Waals surface area contributed by atoms with Crippen molar-refractivity contribution in [2.75, 3.05) is 13.3 Å². The highest BCUT2D eigenvalue weighted by Gasteiger charge is 2.20. The highest BCUT2D eigenvalue weighted by Crippen LogP contribution is 2.23. The van der Waals surface area contributed by atoms with Crippen LogP contribution in [0.3, 0.4) is 0 Å². The van der Waals surface area contributed by atoms with E-state index in [0.29, 0.717) is 5.56 Å². The fourth-order valence-corrected chi connectivity index (χ4v) is 3.38. The summed E-state index contributed by atoms with van der Waals surface area (Å²) in [6, 6.07) is 13.6. The molecule has 0 spiro atoms.